The molecule has 2 heterocycles. The molecule has 2 aliphatic heterocycles. The Morgan fingerprint density at radius 3 is 2.40 bits per heavy atom. The van der Waals surface area contributed by atoms with Crippen molar-refractivity contribution in [3.8, 4) is 5.75 Å². The average Bonchev–Trinajstić information content (AvgIpc) is 3.26. The standard InChI is InChI=1S/C23H39N5O.HI/c1-4-26-15-17-27(18-16-26)13-6-5-12-25-23(24-2)28-14-11-21(19-28)20-7-9-22(29-3)10-8-20;/h7-10,21H,4-6,11-19H2,1-3H3,(H,24,25);1H. The van der Waals surface area contributed by atoms with E-state index in [1.165, 1.54) is 64.1 Å². The van der Waals surface area contributed by atoms with Gasteiger partial charge in [0.05, 0.1) is 7.11 Å². The lowest BCUT2D eigenvalue weighted by molar-refractivity contribution is 0.136. The van der Waals surface area contributed by atoms with Crippen molar-refractivity contribution in [1.29, 1.82) is 0 Å². The summed E-state index contributed by atoms with van der Waals surface area (Å²) in [5, 5.41) is 3.58. The average molecular weight is 530 g/mol. The van der Waals surface area contributed by atoms with Gasteiger partial charge in [-0.25, -0.2) is 0 Å². The van der Waals surface area contributed by atoms with Crippen LogP contribution in [-0.4, -0.2) is 93.7 Å². The molecule has 0 saturated carbocycles. The Morgan fingerprint density at radius 2 is 1.77 bits per heavy atom. The summed E-state index contributed by atoms with van der Waals surface area (Å²) in [5.74, 6) is 2.55. The van der Waals surface area contributed by atoms with Gasteiger partial charge < -0.3 is 24.8 Å². The van der Waals surface area contributed by atoms with Crippen molar-refractivity contribution < 1.29 is 4.74 Å². The minimum Gasteiger partial charge on any atom is -0.497 e. The number of likely N-dealkylation sites (N-methyl/N-ethyl adjacent to an activating group) is 1. The Morgan fingerprint density at radius 1 is 1.07 bits per heavy atom. The van der Waals surface area contributed by atoms with Crippen LogP contribution >= 0.6 is 24.0 Å². The highest BCUT2D eigenvalue weighted by Crippen LogP contribution is 2.28. The Hall–Kier alpha value is -1.06. The summed E-state index contributed by atoms with van der Waals surface area (Å²) >= 11 is 0. The molecule has 6 nitrogen and oxygen atoms in total. The molecule has 0 aromatic heterocycles. The Balaban J connectivity index is 0.00000320. The molecule has 1 N–H and O–H groups in total. The number of hydrogen-bond acceptors (Lipinski definition) is 4. The third kappa shape index (κ3) is 7.27. The number of piperazine rings is 1. The third-order valence-corrected chi connectivity index (χ3v) is 6.38. The van der Waals surface area contributed by atoms with E-state index in [2.05, 4.69) is 56.2 Å². The Kier molecular flexibility index (Phi) is 11.2. The summed E-state index contributed by atoms with van der Waals surface area (Å²) in [6.07, 6.45) is 3.63. The third-order valence-electron chi connectivity index (χ3n) is 6.38. The molecule has 170 valence electrons. The number of methoxy groups -OCH3 is 1. The van der Waals surface area contributed by atoms with Gasteiger partial charge in [0.15, 0.2) is 5.96 Å². The summed E-state index contributed by atoms with van der Waals surface area (Å²) in [6, 6.07) is 8.52. The van der Waals surface area contributed by atoms with Crippen LogP contribution in [0.5, 0.6) is 5.75 Å². The van der Waals surface area contributed by atoms with Crippen LogP contribution in [0.15, 0.2) is 29.3 Å². The van der Waals surface area contributed by atoms with Gasteiger partial charge in [0.2, 0.25) is 0 Å². The first-order valence-corrected chi connectivity index (χ1v) is 11.3. The van der Waals surface area contributed by atoms with E-state index in [0.29, 0.717) is 5.92 Å². The van der Waals surface area contributed by atoms with E-state index < -0.39 is 0 Å². The largest absolute Gasteiger partial charge is 0.497 e. The second-order valence-corrected chi connectivity index (χ2v) is 8.16. The zero-order chi connectivity index (χ0) is 20.5. The molecule has 0 aliphatic carbocycles. The van der Waals surface area contributed by atoms with Gasteiger partial charge in [-0.3, -0.25) is 4.99 Å². The fraction of sp³-hybridized carbons (Fsp3) is 0.696. The summed E-state index contributed by atoms with van der Waals surface area (Å²) in [6.45, 7) is 12.7. The van der Waals surface area contributed by atoms with E-state index in [0.717, 1.165) is 31.3 Å². The minimum atomic E-state index is 0. The molecule has 0 spiro atoms. The maximum Gasteiger partial charge on any atom is 0.193 e. The SMILES string of the molecule is CCN1CCN(CCCCNC(=NC)N2CCC(c3ccc(OC)cc3)C2)CC1.I. The zero-order valence-electron chi connectivity index (χ0n) is 19.0. The van der Waals surface area contributed by atoms with E-state index in [4.69, 9.17) is 4.74 Å². The second-order valence-electron chi connectivity index (χ2n) is 8.16. The van der Waals surface area contributed by atoms with Crippen LogP contribution in [-0.2, 0) is 0 Å². The number of ether oxygens (including phenoxy) is 1. The number of aliphatic imine (C=N–C) groups is 1. The molecule has 1 aromatic rings. The van der Waals surface area contributed by atoms with Crippen LogP contribution in [0.3, 0.4) is 0 Å². The summed E-state index contributed by atoms with van der Waals surface area (Å²) in [4.78, 5) is 12.1. The van der Waals surface area contributed by atoms with Crippen LogP contribution in [0, 0.1) is 0 Å². The molecule has 1 unspecified atom stereocenters. The van der Waals surface area contributed by atoms with Crippen molar-refractivity contribution >= 4 is 29.9 Å². The van der Waals surface area contributed by atoms with E-state index >= 15 is 0 Å². The topological polar surface area (TPSA) is 43.3 Å². The molecule has 2 saturated heterocycles. The molecular formula is C23H40IN5O. The number of hydrogen-bond donors (Lipinski definition) is 1. The predicted octanol–water partition coefficient (Wildman–Crippen LogP) is 3.10. The first kappa shape index (κ1) is 25.2. The number of nitrogens with one attached hydrogen (secondary N) is 1. The van der Waals surface area contributed by atoms with Crippen molar-refractivity contribution in [2.75, 3.05) is 73.1 Å². The van der Waals surface area contributed by atoms with E-state index in [9.17, 15) is 0 Å². The van der Waals surface area contributed by atoms with Crippen LogP contribution < -0.4 is 10.1 Å². The van der Waals surface area contributed by atoms with Crippen molar-refractivity contribution in [2.45, 2.75) is 32.1 Å². The summed E-state index contributed by atoms with van der Waals surface area (Å²) < 4.78 is 5.28. The zero-order valence-corrected chi connectivity index (χ0v) is 21.3. The first-order chi connectivity index (χ1) is 14.2. The molecule has 3 rings (SSSR count). The maximum atomic E-state index is 5.28. The smallest absolute Gasteiger partial charge is 0.193 e. The number of halogens is 1. The van der Waals surface area contributed by atoms with Gasteiger partial charge in [0, 0.05) is 58.8 Å². The maximum absolute atomic E-state index is 5.28. The van der Waals surface area contributed by atoms with Gasteiger partial charge in [-0.15, -0.1) is 24.0 Å². The predicted molar refractivity (Wildman–Crippen MR) is 136 cm³/mol. The molecular weight excluding hydrogens is 489 g/mol. The number of likely N-dealkylation sites (tertiary alicyclic amines) is 1. The highest BCUT2D eigenvalue weighted by Gasteiger charge is 2.26. The lowest BCUT2D eigenvalue weighted by atomic mass is 9.98. The fourth-order valence-corrected chi connectivity index (χ4v) is 4.42. The van der Waals surface area contributed by atoms with E-state index in [1.807, 2.05) is 7.05 Å². The van der Waals surface area contributed by atoms with Crippen molar-refractivity contribution in [2.24, 2.45) is 4.99 Å². The fourth-order valence-electron chi connectivity index (χ4n) is 4.42. The van der Waals surface area contributed by atoms with Gasteiger partial charge in [-0.2, -0.15) is 0 Å². The molecule has 2 aliphatic rings. The molecule has 0 radical (unpaired) electrons. The number of guanidine groups is 1. The monoisotopic (exact) mass is 529 g/mol. The van der Waals surface area contributed by atoms with Crippen molar-refractivity contribution in [3.05, 3.63) is 29.8 Å². The first-order valence-electron chi connectivity index (χ1n) is 11.3. The van der Waals surface area contributed by atoms with Crippen LogP contribution in [0.1, 0.15) is 37.7 Å². The van der Waals surface area contributed by atoms with Crippen molar-refractivity contribution in [3.63, 3.8) is 0 Å². The Labute approximate surface area is 200 Å². The number of nitrogens with zero attached hydrogens (tertiary/aromatic N) is 4. The molecule has 2 fully saturated rings. The summed E-state index contributed by atoms with van der Waals surface area (Å²) in [7, 11) is 3.62. The molecule has 7 heteroatoms. The molecule has 30 heavy (non-hydrogen) atoms. The number of rotatable bonds is 8. The van der Waals surface area contributed by atoms with E-state index in [-0.39, 0.29) is 24.0 Å². The lowest BCUT2D eigenvalue weighted by Gasteiger charge is -2.34. The minimum absolute atomic E-state index is 0. The van der Waals surface area contributed by atoms with Crippen LogP contribution in [0.25, 0.3) is 0 Å². The quantitative estimate of drug-likeness (QED) is 0.243. The van der Waals surface area contributed by atoms with Gasteiger partial charge in [-0.1, -0.05) is 19.1 Å². The van der Waals surface area contributed by atoms with Gasteiger partial charge in [0.1, 0.15) is 5.75 Å². The van der Waals surface area contributed by atoms with Crippen LogP contribution in [0.4, 0.5) is 0 Å². The Bertz CT molecular complexity index is 631. The lowest BCUT2D eigenvalue weighted by Crippen LogP contribution is -2.46. The van der Waals surface area contributed by atoms with Gasteiger partial charge in [0.25, 0.3) is 0 Å². The highest BCUT2D eigenvalue weighted by molar-refractivity contribution is 14.0. The van der Waals surface area contributed by atoms with Crippen LogP contribution in [0.2, 0.25) is 0 Å². The summed E-state index contributed by atoms with van der Waals surface area (Å²) in [5.41, 5.74) is 1.40. The van der Waals surface area contributed by atoms with E-state index in [1.54, 1.807) is 7.11 Å². The second kappa shape index (κ2) is 13.4. The number of unbranched alkanes of at least 4 members (excludes halogenated alkanes) is 1. The van der Waals surface area contributed by atoms with Gasteiger partial charge in [-0.05, 0) is 50.0 Å². The van der Waals surface area contributed by atoms with Gasteiger partial charge >= 0.3 is 0 Å². The molecule has 1 aromatic carbocycles. The normalized spacial score (nSPS) is 20.8. The number of benzene rings is 1. The molecule has 1 atom stereocenters. The van der Waals surface area contributed by atoms with Crippen molar-refractivity contribution in [1.82, 2.24) is 20.0 Å². The highest BCUT2D eigenvalue weighted by atomic mass is 127. The molecule has 0 amide bonds. The molecule has 0 bridgehead atoms.